The van der Waals surface area contributed by atoms with E-state index in [0.717, 1.165) is 5.56 Å². The Kier molecular flexibility index (Phi) is 5.58. The van der Waals surface area contributed by atoms with Crippen LogP contribution in [-0.2, 0) is 6.54 Å². The van der Waals surface area contributed by atoms with Gasteiger partial charge in [0.05, 0.1) is 5.56 Å². The highest BCUT2D eigenvalue weighted by atomic mass is 32.1. The number of benzene rings is 2. The fourth-order valence-corrected chi connectivity index (χ4v) is 3.35. The molecule has 6 nitrogen and oxygen atoms in total. The van der Waals surface area contributed by atoms with Crippen LogP contribution in [0.2, 0.25) is 0 Å². The zero-order valence-corrected chi connectivity index (χ0v) is 16.6. The maximum Gasteiger partial charge on any atom is 0.259 e. The summed E-state index contributed by atoms with van der Waals surface area (Å²) in [6, 6.07) is 20.4. The van der Waals surface area contributed by atoms with E-state index in [1.54, 1.807) is 23.8 Å². The second kappa shape index (κ2) is 8.62. The number of amides is 1. The number of hydrogen-bond acceptors (Lipinski definition) is 6. The van der Waals surface area contributed by atoms with Crippen molar-refractivity contribution in [3.8, 4) is 11.1 Å². The van der Waals surface area contributed by atoms with Crippen LogP contribution in [0.1, 0.15) is 21.5 Å². The predicted molar refractivity (Wildman–Crippen MR) is 116 cm³/mol. The molecule has 0 bridgehead atoms. The summed E-state index contributed by atoms with van der Waals surface area (Å²) in [6.07, 6.45) is 1.54. The number of carbonyl (C=O) groups excluding carboxylic acids is 1. The number of rotatable bonds is 6. The van der Waals surface area contributed by atoms with Gasteiger partial charge in [-0.25, -0.2) is 4.98 Å². The van der Waals surface area contributed by atoms with Crippen molar-refractivity contribution in [2.75, 3.05) is 10.6 Å². The van der Waals surface area contributed by atoms with E-state index in [2.05, 4.69) is 81.3 Å². The van der Waals surface area contributed by atoms with E-state index in [1.165, 1.54) is 28.0 Å². The van der Waals surface area contributed by atoms with Gasteiger partial charge in [0.15, 0.2) is 0 Å². The van der Waals surface area contributed by atoms with E-state index in [0.29, 0.717) is 23.1 Å². The minimum Gasteiger partial charge on any atom is -0.366 e. The van der Waals surface area contributed by atoms with Gasteiger partial charge in [0.2, 0.25) is 5.13 Å². The Bertz CT molecular complexity index is 1110. The van der Waals surface area contributed by atoms with Gasteiger partial charge < -0.3 is 5.32 Å². The summed E-state index contributed by atoms with van der Waals surface area (Å²) in [5.74, 6) is 0.449. The summed E-state index contributed by atoms with van der Waals surface area (Å²) in [5.41, 5.74) is 6.82. The van der Waals surface area contributed by atoms with Gasteiger partial charge in [0, 0.05) is 12.7 Å². The highest BCUT2D eigenvalue weighted by molar-refractivity contribution is 7.13. The third-order valence-corrected chi connectivity index (χ3v) is 4.96. The van der Waals surface area contributed by atoms with Crippen molar-refractivity contribution < 1.29 is 4.79 Å². The van der Waals surface area contributed by atoms with Gasteiger partial charge in [-0.15, -0.1) is 10.2 Å². The van der Waals surface area contributed by atoms with Gasteiger partial charge in [0.1, 0.15) is 11.3 Å². The number of pyridine rings is 1. The van der Waals surface area contributed by atoms with Gasteiger partial charge in [-0.1, -0.05) is 59.4 Å². The molecule has 4 aromatic rings. The van der Waals surface area contributed by atoms with Crippen molar-refractivity contribution in [2.24, 2.45) is 0 Å². The Morgan fingerprint density at radius 3 is 2.59 bits per heavy atom. The largest absolute Gasteiger partial charge is 0.366 e. The number of aryl methyl sites for hydroxylation is 1. The summed E-state index contributed by atoms with van der Waals surface area (Å²) in [6.45, 7) is 2.74. The van der Waals surface area contributed by atoms with Crippen molar-refractivity contribution in [1.82, 2.24) is 15.2 Å². The maximum atomic E-state index is 12.2. The van der Waals surface area contributed by atoms with Crippen LogP contribution in [0.25, 0.3) is 11.1 Å². The highest BCUT2D eigenvalue weighted by Gasteiger charge is 2.08. The van der Waals surface area contributed by atoms with Crippen LogP contribution >= 0.6 is 11.3 Å². The molecule has 0 saturated heterocycles. The van der Waals surface area contributed by atoms with Crippen molar-refractivity contribution >= 4 is 28.2 Å². The second-order valence-corrected chi connectivity index (χ2v) is 7.39. The lowest BCUT2D eigenvalue weighted by molar-refractivity contribution is 0.102. The van der Waals surface area contributed by atoms with E-state index in [-0.39, 0.29) is 5.91 Å². The molecule has 7 heteroatoms. The first-order valence-electron chi connectivity index (χ1n) is 9.11. The first-order valence-corrected chi connectivity index (χ1v) is 9.99. The molecule has 0 aliphatic heterocycles. The van der Waals surface area contributed by atoms with E-state index < -0.39 is 0 Å². The quantitative estimate of drug-likeness (QED) is 0.486. The molecule has 0 unspecified atom stereocenters. The fourth-order valence-electron chi connectivity index (χ4n) is 2.91. The first-order chi connectivity index (χ1) is 14.2. The van der Waals surface area contributed by atoms with E-state index in [9.17, 15) is 4.79 Å². The van der Waals surface area contributed by atoms with Crippen LogP contribution in [-0.4, -0.2) is 21.1 Å². The normalized spacial score (nSPS) is 10.5. The maximum absolute atomic E-state index is 12.2. The number of nitrogens with one attached hydrogen (secondary N) is 2. The van der Waals surface area contributed by atoms with Crippen LogP contribution in [0.15, 0.2) is 72.4 Å². The van der Waals surface area contributed by atoms with Crippen LogP contribution in [0.4, 0.5) is 10.9 Å². The average molecular weight is 401 g/mol. The molecular weight excluding hydrogens is 382 g/mol. The van der Waals surface area contributed by atoms with E-state index >= 15 is 0 Å². The standard InChI is InChI=1S/C22H19N5OS/c1-15-4-2-6-17(10-15)18-7-3-5-16(11-18)12-23-20-9-8-19(13-24-20)21(28)26-22-27-25-14-29-22/h2-11,13-14H,12H2,1H3,(H,23,24)(H,26,27,28). The molecule has 29 heavy (non-hydrogen) atoms. The van der Waals surface area contributed by atoms with E-state index in [1.807, 2.05) is 0 Å². The average Bonchev–Trinajstić information content (AvgIpc) is 3.26. The van der Waals surface area contributed by atoms with Gasteiger partial charge >= 0.3 is 0 Å². The predicted octanol–water partition coefficient (Wildman–Crippen LogP) is 4.77. The molecule has 2 aromatic carbocycles. The molecular formula is C22H19N5OS. The third kappa shape index (κ3) is 4.83. The molecule has 0 atom stereocenters. The van der Waals surface area contributed by atoms with Crippen molar-refractivity contribution in [1.29, 1.82) is 0 Å². The van der Waals surface area contributed by atoms with Crippen LogP contribution in [0.5, 0.6) is 0 Å². The molecule has 2 N–H and O–H groups in total. The Morgan fingerprint density at radius 1 is 1.03 bits per heavy atom. The molecule has 0 saturated carbocycles. The molecule has 4 rings (SSSR count). The molecule has 2 heterocycles. The zero-order chi connectivity index (χ0) is 20.1. The van der Waals surface area contributed by atoms with Gasteiger partial charge in [-0.2, -0.15) is 0 Å². The zero-order valence-electron chi connectivity index (χ0n) is 15.8. The van der Waals surface area contributed by atoms with Crippen LogP contribution in [0.3, 0.4) is 0 Å². The molecule has 0 radical (unpaired) electrons. The topological polar surface area (TPSA) is 79.8 Å². The third-order valence-electron chi connectivity index (χ3n) is 4.36. The van der Waals surface area contributed by atoms with Gasteiger partial charge in [0.25, 0.3) is 5.91 Å². The number of hydrogen-bond donors (Lipinski definition) is 2. The molecule has 1 amide bonds. The minimum atomic E-state index is -0.258. The number of carbonyl (C=O) groups is 1. The molecule has 144 valence electrons. The summed E-state index contributed by atoms with van der Waals surface area (Å²) in [5, 5.41) is 13.9. The summed E-state index contributed by atoms with van der Waals surface area (Å²) in [7, 11) is 0. The van der Waals surface area contributed by atoms with E-state index in [4.69, 9.17) is 0 Å². The fraction of sp³-hybridized carbons (Fsp3) is 0.0909. The Morgan fingerprint density at radius 2 is 1.86 bits per heavy atom. The van der Waals surface area contributed by atoms with Gasteiger partial charge in [-0.05, 0) is 41.8 Å². The SMILES string of the molecule is Cc1cccc(-c2cccc(CNc3ccc(C(=O)Nc4nncs4)cn3)c2)c1. The van der Waals surface area contributed by atoms with Crippen LogP contribution < -0.4 is 10.6 Å². The first kappa shape index (κ1) is 18.8. The summed E-state index contributed by atoms with van der Waals surface area (Å²) >= 11 is 1.27. The number of nitrogens with zero attached hydrogens (tertiary/aromatic N) is 3. The lowest BCUT2D eigenvalue weighted by atomic mass is 10.0. The number of anilines is 2. The van der Waals surface area contributed by atoms with Crippen molar-refractivity contribution in [3.63, 3.8) is 0 Å². The van der Waals surface area contributed by atoms with Crippen molar-refractivity contribution in [2.45, 2.75) is 13.5 Å². The van der Waals surface area contributed by atoms with Crippen LogP contribution in [0, 0.1) is 6.92 Å². The van der Waals surface area contributed by atoms with Crippen molar-refractivity contribution in [3.05, 3.63) is 89.1 Å². The number of aromatic nitrogens is 3. The lowest BCUT2D eigenvalue weighted by Gasteiger charge is -2.09. The van der Waals surface area contributed by atoms with Gasteiger partial charge in [-0.3, -0.25) is 10.1 Å². The molecule has 0 aliphatic rings. The molecule has 0 fully saturated rings. The summed E-state index contributed by atoms with van der Waals surface area (Å²) < 4.78 is 0. The Balaban J connectivity index is 1.39. The molecule has 0 aliphatic carbocycles. The molecule has 2 aromatic heterocycles. The smallest absolute Gasteiger partial charge is 0.259 e. The monoisotopic (exact) mass is 401 g/mol. The highest BCUT2D eigenvalue weighted by Crippen LogP contribution is 2.22. The lowest BCUT2D eigenvalue weighted by Crippen LogP contribution is -2.12. The Hall–Kier alpha value is -3.58. The molecule has 0 spiro atoms. The second-order valence-electron chi connectivity index (χ2n) is 6.55. The summed E-state index contributed by atoms with van der Waals surface area (Å²) in [4.78, 5) is 16.5. The minimum absolute atomic E-state index is 0.258. The Labute approximate surface area is 172 Å².